The quantitative estimate of drug-likeness (QED) is 0.155. The van der Waals surface area contributed by atoms with E-state index in [1.165, 1.54) is 25.2 Å². The normalized spacial score (nSPS) is 16.4. The molecule has 0 radical (unpaired) electrons. The lowest BCUT2D eigenvalue weighted by Crippen LogP contribution is -2.29. The number of amides is 1. The number of halogens is 2. The molecule has 1 fully saturated rings. The fraction of sp³-hybridized carbons (Fsp3) is 0.312. The summed E-state index contributed by atoms with van der Waals surface area (Å²) in [6.07, 6.45) is 0. The molecule has 1 N–H and O–H groups in total. The van der Waals surface area contributed by atoms with Crippen LogP contribution in [0.25, 0.3) is 5.76 Å². The summed E-state index contributed by atoms with van der Waals surface area (Å²) < 4.78 is 10.8. The minimum absolute atomic E-state index is 0.0303. The highest BCUT2D eigenvalue weighted by molar-refractivity contribution is 6.52. The van der Waals surface area contributed by atoms with E-state index in [-0.39, 0.29) is 32.7 Å². The van der Waals surface area contributed by atoms with Crippen molar-refractivity contribution in [3.8, 4) is 11.5 Å². The number of nitrogens with zero attached hydrogens (tertiary/aromatic N) is 2. The molecule has 0 bridgehead atoms. The Labute approximate surface area is 250 Å². The lowest BCUT2D eigenvalue weighted by Gasteiger charge is -2.27. The first-order chi connectivity index (χ1) is 19.6. The highest BCUT2D eigenvalue weighted by atomic mass is 35.5. The molecule has 3 aromatic rings. The summed E-state index contributed by atoms with van der Waals surface area (Å²) in [6, 6.07) is 15.6. The second-order valence-electron chi connectivity index (χ2n) is 9.97. The average Bonchev–Trinajstić information content (AvgIpc) is 3.23. The fourth-order valence-electron chi connectivity index (χ4n) is 5.18. The minimum Gasteiger partial charge on any atom is -0.507 e. The zero-order valence-corrected chi connectivity index (χ0v) is 25.5. The summed E-state index contributed by atoms with van der Waals surface area (Å²) in [5.41, 5.74) is 3.26. The molecule has 41 heavy (non-hydrogen) atoms. The Morgan fingerprint density at radius 2 is 1.54 bits per heavy atom. The summed E-state index contributed by atoms with van der Waals surface area (Å²) in [5.74, 6) is -1.53. The van der Waals surface area contributed by atoms with Crippen molar-refractivity contribution in [1.29, 1.82) is 0 Å². The third-order valence-electron chi connectivity index (χ3n) is 7.41. The highest BCUT2D eigenvalue weighted by Gasteiger charge is 2.47. The number of carbonyl (C=O) groups excluding carboxylic acids is 2. The lowest BCUT2D eigenvalue weighted by molar-refractivity contribution is -0.132. The smallest absolute Gasteiger partial charge is 0.300 e. The standard InChI is InChI=1S/C32H34Cl2N2O5/c1-7-35(8-2)21-13-11-20(12-14-21)27-25(28(37)23-17-24(33)31(41-6)26(34)30(23)40-5)29(38)32(39)36(27)22-15-9-19(10-16-22)18(3)4/h9-18,27,37H,7-8H2,1-6H3/b28-25+. The zero-order valence-electron chi connectivity index (χ0n) is 24.0. The maximum absolute atomic E-state index is 13.7. The van der Waals surface area contributed by atoms with Crippen molar-refractivity contribution in [2.24, 2.45) is 0 Å². The summed E-state index contributed by atoms with van der Waals surface area (Å²) in [7, 11) is 2.79. The van der Waals surface area contributed by atoms with Crippen molar-refractivity contribution in [3.05, 3.63) is 86.9 Å². The van der Waals surface area contributed by atoms with E-state index < -0.39 is 23.5 Å². The van der Waals surface area contributed by atoms with Gasteiger partial charge in [0.2, 0.25) is 0 Å². The number of Topliss-reactive ketones (excluding diaryl/α,β-unsaturated/α-hetero) is 1. The van der Waals surface area contributed by atoms with Crippen molar-refractivity contribution in [1.82, 2.24) is 0 Å². The Balaban J connectivity index is 1.97. The van der Waals surface area contributed by atoms with Gasteiger partial charge in [-0.15, -0.1) is 0 Å². The average molecular weight is 598 g/mol. The van der Waals surface area contributed by atoms with E-state index in [9.17, 15) is 14.7 Å². The molecule has 1 atom stereocenters. The first-order valence-corrected chi connectivity index (χ1v) is 14.2. The van der Waals surface area contributed by atoms with Crippen LogP contribution in [0, 0.1) is 0 Å². The second kappa shape index (κ2) is 12.5. The van der Waals surface area contributed by atoms with Crippen LogP contribution in [0.15, 0.2) is 60.2 Å². The topological polar surface area (TPSA) is 79.3 Å². The number of ketones is 1. The molecule has 7 nitrogen and oxygen atoms in total. The van der Waals surface area contributed by atoms with Gasteiger partial charge >= 0.3 is 0 Å². The zero-order chi connectivity index (χ0) is 30.0. The molecule has 0 spiro atoms. The van der Waals surface area contributed by atoms with Crippen LogP contribution in [0.1, 0.15) is 56.3 Å². The third kappa shape index (κ3) is 5.48. The van der Waals surface area contributed by atoms with E-state index >= 15 is 0 Å². The first-order valence-electron chi connectivity index (χ1n) is 13.5. The van der Waals surface area contributed by atoms with Crippen LogP contribution in [0.3, 0.4) is 0 Å². The number of benzene rings is 3. The van der Waals surface area contributed by atoms with Gasteiger partial charge in [-0.25, -0.2) is 0 Å². The second-order valence-corrected chi connectivity index (χ2v) is 10.8. The van der Waals surface area contributed by atoms with Gasteiger partial charge in [-0.05, 0) is 61.2 Å². The maximum atomic E-state index is 13.7. The number of carbonyl (C=O) groups is 2. The summed E-state index contributed by atoms with van der Waals surface area (Å²) in [4.78, 5) is 30.9. The fourth-order valence-corrected chi connectivity index (χ4v) is 5.87. The van der Waals surface area contributed by atoms with Crippen LogP contribution in [-0.2, 0) is 9.59 Å². The Bertz CT molecular complexity index is 1480. The number of anilines is 2. The van der Waals surface area contributed by atoms with Gasteiger partial charge in [0, 0.05) is 24.5 Å². The van der Waals surface area contributed by atoms with E-state index in [4.69, 9.17) is 32.7 Å². The van der Waals surface area contributed by atoms with Gasteiger partial charge in [-0.2, -0.15) is 0 Å². The molecule has 1 unspecified atom stereocenters. The Hall–Kier alpha value is -3.68. The number of aliphatic hydroxyl groups excluding tert-OH is 1. The number of hydrogen-bond donors (Lipinski definition) is 1. The predicted molar refractivity (Wildman–Crippen MR) is 165 cm³/mol. The molecule has 1 aliphatic heterocycles. The van der Waals surface area contributed by atoms with Crippen molar-refractivity contribution in [2.45, 2.75) is 39.7 Å². The number of methoxy groups -OCH3 is 2. The molecule has 1 heterocycles. The van der Waals surface area contributed by atoms with Crippen LogP contribution in [0.2, 0.25) is 10.0 Å². The van der Waals surface area contributed by atoms with Gasteiger partial charge in [-0.3, -0.25) is 14.5 Å². The molecule has 3 aromatic carbocycles. The first kappa shape index (κ1) is 30.3. The van der Waals surface area contributed by atoms with Gasteiger partial charge < -0.3 is 19.5 Å². The van der Waals surface area contributed by atoms with Crippen LogP contribution in [-0.4, -0.2) is 44.1 Å². The molecule has 9 heteroatoms. The molecule has 0 aromatic heterocycles. The van der Waals surface area contributed by atoms with E-state index in [0.29, 0.717) is 17.2 Å². The minimum atomic E-state index is -0.921. The van der Waals surface area contributed by atoms with Crippen LogP contribution in [0.5, 0.6) is 11.5 Å². The van der Waals surface area contributed by atoms with Gasteiger partial charge in [-0.1, -0.05) is 61.3 Å². The largest absolute Gasteiger partial charge is 0.507 e. The van der Waals surface area contributed by atoms with Crippen LogP contribution in [0.4, 0.5) is 11.4 Å². The number of hydrogen-bond acceptors (Lipinski definition) is 6. The molecule has 0 saturated carbocycles. The molecular weight excluding hydrogens is 563 g/mol. The number of rotatable bonds is 9. The number of aliphatic hydroxyl groups is 1. The van der Waals surface area contributed by atoms with Gasteiger partial charge in [0.15, 0.2) is 11.5 Å². The van der Waals surface area contributed by atoms with E-state index in [2.05, 4.69) is 32.6 Å². The van der Waals surface area contributed by atoms with Crippen LogP contribution < -0.4 is 19.3 Å². The molecule has 0 aliphatic carbocycles. The summed E-state index contributed by atoms with van der Waals surface area (Å²) >= 11 is 12.9. The van der Waals surface area contributed by atoms with Crippen molar-refractivity contribution >= 4 is 52.0 Å². The van der Waals surface area contributed by atoms with Gasteiger partial charge in [0.05, 0.1) is 36.4 Å². The Morgan fingerprint density at radius 3 is 2.05 bits per heavy atom. The summed E-state index contributed by atoms with van der Waals surface area (Å²) in [6.45, 7) is 9.97. The predicted octanol–water partition coefficient (Wildman–Crippen LogP) is 7.61. The van der Waals surface area contributed by atoms with E-state index in [1.54, 1.807) is 0 Å². The highest BCUT2D eigenvalue weighted by Crippen LogP contribution is 2.48. The molecule has 1 aliphatic rings. The molecular formula is C32H34Cl2N2O5. The van der Waals surface area contributed by atoms with E-state index in [0.717, 1.165) is 24.3 Å². The lowest BCUT2D eigenvalue weighted by atomic mass is 9.94. The molecule has 4 rings (SSSR count). The summed E-state index contributed by atoms with van der Waals surface area (Å²) in [5, 5.41) is 11.8. The van der Waals surface area contributed by atoms with Gasteiger partial charge in [0.1, 0.15) is 10.8 Å². The van der Waals surface area contributed by atoms with Crippen molar-refractivity contribution < 1.29 is 24.2 Å². The van der Waals surface area contributed by atoms with Crippen molar-refractivity contribution in [3.63, 3.8) is 0 Å². The third-order valence-corrected chi connectivity index (χ3v) is 8.04. The van der Waals surface area contributed by atoms with E-state index in [1.807, 2.05) is 48.5 Å². The number of ether oxygens (including phenoxy) is 2. The van der Waals surface area contributed by atoms with Crippen molar-refractivity contribution in [2.75, 3.05) is 37.1 Å². The molecule has 216 valence electrons. The maximum Gasteiger partial charge on any atom is 0.300 e. The molecule has 1 saturated heterocycles. The molecule has 1 amide bonds. The van der Waals surface area contributed by atoms with Gasteiger partial charge in [0.25, 0.3) is 11.7 Å². The van der Waals surface area contributed by atoms with Crippen LogP contribution >= 0.6 is 23.2 Å². The Kier molecular flexibility index (Phi) is 9.20. The monoisotopic (exact) mass is 596 g/mol. The SMILES string of the molecule is CCN(CC)c1ccc(C2/C(=C(\O)c3cc(Cl)c(OC)c(Cl)c3OC)C(=O)C(=O)N2c2ccc(C(C)C)cc2)cc1. The Morgan fingerprint density at radius 1 is 0.951 bits per heavy atom.